The third-order valence-corrected chi connectivity index (χ3v) is 5.51. The van der Waals surface area contributed by atoms with Gasteiger partial charge in [0, 0.05) is 18.8 Å². The second-order valence-corrected chi connectivity index (χ2v) is 7.94. The van der Waals surface area contributed by atoms with Crippen molar-refractivity contribution in [2.45, 2.75) is 59.7 Å². The lowest BCUT2D eigenvalue weighted by Gasteiger charge is -2.17. The number of aryl methyl sites for hydroxylation is 3. The van der Waals surface area contributed by atoms with Gasteiger partial charge in [-0.1, -0.05) is 38.5 Å². The molecule has 32 heavy (non-hydrogen) atoms. The summed E-state index contributed by atoms with van der Waals surface area (Å²) in [6.07, 6.45) is 2.57. The molecule has 3 rings (SSSR count). The summed E-state index contributed by atoms with van der Waals surface area (Å²) in [6, 6.07) is 7.75. The third-order valence-electron chi connectivity index (χ3n) is 5.51. The zero-order valence-corrected chi connectivity index (χ0v) is 19.3. The number of carbonyl (C=O) groups excluding carboxylic acids is 1. The number of amides is 1. The quantitative estimate of drug-likeness (QED) is 0.503. The first-order chi connectivity index (χ1) is 15.4. The molecule has 172 valence electrons. The topological polar surface area (TPSA) is 105 Å². The summed E-state index contributed by atoms with van der Waals surface area (Å²) in [4.78, 5) is 46.4. The van der Waals surface area contributed by atoms with Crippen molar-refractivity contribution in [2.75, 3.05) is 18.9 Å². The second-order valence-electron chi connectivity index (χ2n) is 7.94. The van der Waals surface area contributed by atoms with Crippen LogP contribution in [0.5, 0.6) is 0 Å². The Morgan fingerprint density at radius 1 is 1.16 bits per heavy atom. The third kappa shape index (κ3) is 4.99. The molecule has 0 bridgehead atoms. The Morgan fingerprint density at radius 2 is 1.91 bits per heavy atom. The maximum atomic E-state index is 12.6. The molecule has 2 aromatic heterocycles. The Labute approximate surface area is 187 Å². The number of hydrogen-bond donors (Lipinski definition) is 2. The first-order valence-corrected chi connectivity index (χ1v) is 11.2. The number of carbonyl (C=O) groups is 1. The number of aromatic nitrogens is 4. The van der Waals surface area contributed by atoms with E-state index < -0.39 is 11.2 Å². The molecule has 0 aliphatic carbocycles. The molecule has 3 aromatic rings. The Morgan fingerprint density at radius 3 is 2.59 bits per heavy atom. The van der Waals surface area contributed by atoms with Crippen LogP contribution in [0.25, 0.3) is 11.2 Å². The normalized spacial score (nSPS) is 11.4. The summed E-state index contributed by atoms with van der Waals surface area (Å²) in [6.45, 7) is 7.59. The highest BCUT2D eigenvalue weighted by atomic mass is 16.2. The monoisotopic (exact) mass is 440 g/mol. The van der Waals surface area contributed by atoms with Crippen LogP contribution >= 0.6 is 0 Å². The van der Waals surface area contributed by atoms with Crippen LogP contribution in [-0.4, -0.2) is 43.5 Å². The molecule has 0 fully saturated rings. The number of fused-ring (bicyclic) bond motifs is 1. The molecule has 2 N–H and O–H groups in total. The molecule has 0 aliphatic heterocycles. The standard InChI is InChI=1S/C23H32N6O3/c1-5-8-13-29-21-20(22(31)26-23(29)32)28(7-3)18(25-21)14-27(4)15-19(30)24-17-12-10-9-11-16(17)6-2/h9-12H,5-8,13-15H2,1-4H3,(H,24,30)(H,26,31,32). The minimum Gasteiger partial charge on any atom is -0.325 e. The van der Waals surface area contributed by atoms with Crippen LogP contribution in [0, 0.1) is 0 Å². The second kappa shape index (κ2) is 10.4. The molecule has 0 saturated carbocycles. The Kier molecular flexibility index (Phi) is 7.63. The van der Waals surface area contributed by atoms with E-state index in [0.717, 1.165) is 30.5 Å². The highest BCUT2D eigenvalue weighted by molar-refractivity contribution is 5.93. The van der Waals surface area contributed by atoms with Gasteiger partial charge in [0.1, 0.15) is 5.82 Å². The van der Waals surface area contributed by atoms with Crippen molar-refractivity contribution < 1.29 is 4.79 Å². The first-order valence-electron chi connectivity index (χ1n) is 11.2. The van der Waals surface area contributed by atoms with Crippen molar-refractivity contribution in [1.82, 2.24) is 24.0 Å². The minimum atomic E-state index is -0.439. The molecular weight excluding hydrogens is 408 g/mol. The number of likely N-dealkylation sites (N-methyl/N-ethyl adjacent to an activating group) is 1. The number of para-hydroxylation sites is 1. The minimum absolute atomic E-state index is 0.120. The molecule has 1 amide bonds. The van der Waals surface area contributed by atoms with E-state index in [2.05, 4.69) is 15.3 Å². The summed E-state index contributed by atoms with van der Waals surface area (Å²) in [7, 11) is 1.83. The van der Waals surface area contributed by atoms with Crippen molar-refractivity contribution in [1.29, 1.82) is 0 Å². The van der Waals surface area contributed by atoms with Gasteiger partial charge in [-0.05, 0) is 38.4 Å². The average molecular weight is 441 g/mol. The lowest BCUT2D eigenvalue weighted by atomic mass is 10.1. The van der Waals surface area contributed by atoms with Gasteiger partial charge < -0.3 is 9.88 Å². The number of hydrogen-bond acceptors (Lipinski definition) is 5. The van der Waals surface area contributed by atoms with E-state index in [1.54, 1.807) is 0 Å². The lowest BCUT2D eigenvalue weighted by molar-refractivity contribution is -0.117. The van der Waals surface area contributed by atoms with E-state index in [-0.39, 0.29) is 12.5 Å². The van der Waals surface area contributed by atoms with E-state index in [9.17, 15) is 14.4 Å². The van der Waals surface area contributed by atoms with Crippen LogP contribution in [0.1, 0.15) is 45.0 Å². The van der Waals surface area contributed by atoms with Gasteiger partial charge in [-0.2, -0.15) is 0 Å². The number of nitrogens with zero attached hydrogens (tertiary/aromatic N) is 4. The Balaban J connectivity index is 1.83. The number of H-pyrrole nitrogens is 1. The van der Waals surface area contributed by atoms with Crippen molar-refractivity contribution in [3.05, 3.63) is 56.5 Å². The molecule has 9 nitrogen and oxygen atoms in total. The first kappa shape index (κ1) is 23.5. The molecule has 0 aliphatic rings. The van der Waals surface area contributed by atoms with E-state index in [4.69, 9.17) is 0 Å². The zero-order valence-electron chi connectivity index (χ0n) is 19.3. The van der Waals surface area contributed by atoms with Gasteiger partial charge in [-0.25, -0.2) is 9.78 Å². The van der Waals surface area contributed by atoms with Crippen molar-refractivity contribution >= 4 is 22.8 Å². The lowest BCUT2D eigenvalue weighted by Crippen LogP contribution is -2.31. The summed E-state index contributed by atoms with van der Waals surface area (Å²) >= 11 is 0. The number of aromatic amines is 1. The molecule has 9 heteroatoms. The van der Waals surface area contributed by atoms with E-state index in [1.165, 1.54) is 4.57 Å². The van der Waals surface area contributed by atoms with E-state index >= 15 is 0 Å². The van der Waals surface area contributed by atoms with Gasteiger partial charge in [0.25, 0.3) is 5.56 Å². The van der Waals surface area contributed by atoms with Crippen LogP contribution in [-0.2, 0) is 30.8 Å². The van der Waals surface area contributed by atoms with Gasteiger partial charge in [0.05, 0.1) is 13.1 Å². The SMILES string of the molecule is CCCCn1c(=O)[nH]c(=O)c2c1nc(CN(C)CC(=O)Nc1ccccc1CC)n2CC. The van der Waals surface area contributed by atoms with E-state index in [1.807, 2.05) is 61.6 Å². The van der Waals surface area contributed by atoms with Gasteiger partial charge in [0.2, 0.25) is 5.91 Å². The van der Waals surface area contributed by atoms with Crippen molar-refractivity contribution in [2.24, 2.45) is 0 Å². The predicted molar refractivity (Wildman–Crippen MR) is 126 cm³/mol. The molecule has 0 atom stereocenters. The molecule has 1 aromatic carbocycles. The number of benzene rings is 1. The molecule has 0 radical (unpaired) electrons. The van der Waals surface area contributed by atoms with Crippen LogP contribution in [0.4, 0.5) is 5.69 Å². The van der Waals surface area contributed by atoms with E-state index in [0.29, 0.717) is 36.6 Å². The molecular formula is C23H32N6O3. The van der Waals surface area contributed by atoms with Gasteiger partial charge in [-0.3, -0.25) is 24.0 Å². The fourth-order valence-electron chi connectivity index (χ4n) is 3.89. The van der Waals surface area contributed by atoms with Crippen LogP contribution in [0.3, 0.4) is 0 Å². The maximum Gasteiger partial charge on any atom is 0.330 e. The Hall–Kier alpha value is -3.20. The van der Waals surface area contributed by atoms with Crippen molar-refractivity contribution in [3.63, 3.8) is 0 Å². The van der Waals surface area contributed by atoms with Crippen LogP contribution in [0.15, 0.2) is 33.9 Å². The number of anilines is 1. The number of imidazole rings is 1. The largest absolute Gasteiger partial charge is 0.330 e. The van der Waals surface area contributed by atoms with Crippen LogP contribution < -0.4 is 16.6 Å². The summed E-state index contributed by atoms with van der Waals surface area (Å²) in [5, 5.41) is 2.97. The summed E-state index contributed by atoms with van der Waals surface area (Å²) in [5.41, 5.74) is 1.83. The van der Waals surface area contributed by atoms with Gasteiger partial charge >= 0.3 is 5.69 Å². The van der Waals surface area contributed by atoms with Crippen LogP contribution in [0.2, 0.25) is 0 Å². The molecule has 0 spiro atoms. The smallest absolute Gasteiger partial charge is 0.325 e. The average Bonchev–Trinajstić information content (AvgIpc) is 3.12. The number of rotatable bonds is 10. The number of unbranched alkanes of at least 4 members (excludes halogenated alkanes) is 1. The zero-order chi connectivity index (χ0) is 23.3. The molecule has 2 heterocycles. The molecule has 0 unspecified atom stereocenters. The summed E-state index contributed by atoms with van der Waals surface area (Å²) in [5.74, 6) is 0.526. The fourth-order valence-corrected chi connectivity index (χ4v) is 3.89. The number of nitrogens with one attached hydrogen (secondary N) is 2. The molecule has 0 saturated heterocycles. The fraction of sp³-hybridized carbons (Fsp3) is 0.478. The predicted octanol–water partition coefficient (Wildman–Crippen LogP) is 2.34. The van der Waals surface area contributed by atoms with Gasteiger partial charge in [-0.15, -0.1) is 0 Å². The Bertz CT molecular complexity index is 1210. The summed E-state index contributed by atoms with van der Waals surface area (Å²) < 4.78 is 3.35. The van der Waals surface area contributed by atoms with Gasteiger partial charge in [0.15, 0.2) is 11.2 Å². The maximum absolute atomic E-state index is 12.6. The highest BCUT2D eigenvalue weighted by Gasteiger charge is 2.19. The highest BCUT2D eigenvalue weighted by Crippen LogP contribution is 2.16. The van der Waals surface area contributed by atoms with Crippen molar-refractivity contribution in [3.8, 4) is 0 Å².